The number of aliphatic hydroxyl groups is 2. The number of aliphatic hydroxyl groups excluding tert-OH is 2. The fourth-order valence-corrected chi connectivity index (χ4v) is 14.3. The van der Waals surface area contributed by atoms with Gasteiger partial charge in [-0.1, -0.05) is 81.6 Å². The molecular weight excluding hydrogens is 856 g/mol. The van der Waals surface area contributed by atoms with Crippen LogP contribution in [0.4, 0.5) is 10.1 Å². The molecule has 6 aliphatic rings. The molecule has 64 heavy (non-hydrogen) atoms. The zero-order valence-corrected chi connectivity index (χ0v) is 38.8. The Morgan fingerprint density at radius 2 is 1.80 bits per heavy atom. The van der Waals surface area contributed by atoms with E-state index in [0.29, 0.717) is 73.6 Å². The summed E-state index contributed by atoms with van der Waals surface area (Å²) in [7, 11) is 0. The molecule has 2 aromatic rings. The molecule has 11 nitrogen and oxygen atoms in total. The maximum atomic E-state index is 17.8. The van der Waals surface area contributed by atoms with Crippen molar-refractivity contribution >= 4 is 58.5 Å². The van der Waals surface area contributed by atoms with E-state index in [1.54, 1.807) is 24.8 Å². The van der Waals surface area contributed by atoms with Gasteiger partial charge >= 0.3 is 0 Å². The number of allylic oxidation sites excluding steroid dienone is 4. The number of ketones is 2. The summed E-state index contributed by atoms with van der Waals surface area (Å²) in [6, 6.07) is 15.1. The number of halogens is 1. The SMILES string of the molecule is CCCCC(C)SC1CC(=O)N(CCCCCC(=O)Nc2cccc(Sc3cccc([C@@H]4O[C@@H]5CC6[C@@H]7CCC8=CC(=O)C=C[C@]8(C)[C@@]7(F)[C@@H](O)C[C@]6(C)[C@]5(C(=O)CO)O4)c3)c2)C1=O. The van der Waals surface area contributed by atoms with Crippen LogP contribution in [0.15, 0.2) is 82.1 Å². The molecule has 4 aliphatic carbocycles. The van der Waals surface area contributed by atoms with E-state index in [-0.39, 0.29) is 41.6 Å². The van der Waals surface area contributed by atoms with E-state index < -0.39 is 64.8 Å². The van der Waals surface area contributed by atoms with Gasteiger partial charge in [0, 0.05) is 62.4 Å². The summed E-state index contributed by atoms with van der Waals surface area (Å²) in [6.45, 7) is 7.48. The number of hydrogen-bond donors (Lipinski definition) is 3. The second-order valence-electron chi connectivity index (χ2n) is 19.1. The molecule has 3 unspecified atom stereocenters. The van der Waals surface area contributed by atoms with Crippen LogP contribution in [0.1, 0.15) is 117 Å². The summed E-state index contributed by atoms with van der Waals surface area (Å²) in [5.74, 6) is -2.10. The van der Waals surface area contributed by atoms with Crippen LogP contribution >= 0.6 is 23.5 Å². The number of imide groups is 1. The Hall–Kier alpha value is -3.66. The van der Waals surface area contributed by atoms with Crippen molar-refractivity contribution in [2.24, 2.45) is 22.7 Å². The third-order valence-corrected chi connectivity index (χ3v) is 17.6. The molecule has 2 saturated heterocycles. The van der Waals surface area contributed by atoms with Gasteiger partial charge < -0.3 is 25.0 Å². The van der Waals surface area contributed by atoms with E-state index in [1.165, 1.54) is 28.8 Å². The zero-order valence-electron chi connectivity index (χ0n) is 37.2. The molecule has 2 aromatic carbocycles. The number of benzene rings is 2. The quantitative estimate of drug-likeness (QED) is 0.103. The predicted molar refractivity (Wildman–Crippen MR) is 243 cm³/mol. The van der Waals surface area contributed by atoms with Crippen LogP contribution in [0.25, 0.3) is 0 Å². The van der Waals surface area contributed by atoms with Gasteiger partial charge in [-0.05, 0) is 100 Å². The third-order valence-electron chi connectivity index (χ3n) is 15.3. The summed E-state index contributed by atoms with van der Waals surface area (Å²) in [5.41, 5.74) is -3.95. The fourth-order valence-electron chi connectivity index (χ4n) is 12.0. The van der Waals surface area contributed by atoms with Crippen LogP contribution in [0.3, 0.4) is 0 Å². The minimum absolute atomic E-state index is 0.0832. The van der Waals surface area contributed by atoms with Gasteiger partial charge in [-0.3, -0.25) is 28.9 Å². The van der Waals surface area contributed by atoms with Gasteiger partial charge in [-0.25, -0.2) is 4.39 Å². The summed E-state index contributed by atoms with van der Waals surface area (Å²) < 4.78 is 31.1. The van der Waals surface area contributed by atoms with E-state index in [1.807, 2.05) is 55.5 Å². The van der Waals surface area contributed by atoms with Gasteiger partial charge in [0.05, 0.1) is 17.5 Å². The van der Waals surface area contributed by atoms with E-state index in [2.05, 4.69) is 19.2 Å². The topological polar surface area (TPSA) is 160 Å². The van der Waals surface area contributed by atoms with Crippen molar-refractivity contribution in [2.45, 2.75) is 155 Å². The predicted octanol–water partition coefficient (Wildman–Crippen LogP) is 8.47. The number of alkyl halides is 1. The number of hydrogen-bond acceptors (Lipinski definition) is 11. The normalized spacial score (nSPS) is 34.5. The standard InChI is InChI=1S/C50H61FN2O9S2/c1-5-6-12-30(2)63-39-27-44(59)53(45(39)60)22-9-7-8-17-43(58)52-33-14-11-16-36(25-33)64-35-15-10-13-31(23-35)46-61-42-26-38-37-19-18-32-24-34(55)20-21-47(32,3)49(37,51)40(56)28-48(38,4)50(42,62-46)41(57)29-54/h10-11,13-16,20-21,23-25,30,37-40,42,46,54,56H,5-9,12,17-19,22,26-29H2,1-4H3,(H,52,58)/t30?,37-,38?,39?,40-,42+,46+,47-,48-,49-,50+/m0/s1. The molecule has 0 radical (unpaired) electrons. The second-order valence-corrected chi connectivity index (χ2v) is 21.9. The Labute approximate surface area is 383 Å². The number of nitrogens with zero attached hydrogens (tertiary/aromatic N) is 1. The maximum Gasteiger partial charge on any atom is 0.242 e. The highest BCUT2D eigenvalue weighted by atomic mass is 32.2. The molecule has 2 aliphatic heterocycles. The first kappa shape index (κ1) is 46.9. The number of anilines is 1. The number of carbonyl (C=O) groups is 5. The maximum absolute atomic E-state index is 17.8. The second kappa shape index (κ2) is 18.6. The first-order valence-electron chi connectivity index (χ1n) is 23.0. The van der Waals surface area contributed by atoms with Gasteiger partial charge in [0.25, 0.3) is 0 Å². The average Bonchev–Trinajstić information content (AvgIpc) is 3.86. The highest BCUT2D eigenvalue weighted by Crippen LogP contribution is 2.72. The number of amides is 3. The number of Topliss-reactive ketones (excluding diaryl/α,β-unsaturated/α-hetero) is 1. The van der Waals surface area contributed by atoms with E-state index in [9.17, 15) is 34.2 Å². The molecular formula is C50H61FN2O9S2. The molecule has 11 atom stereocenters. The van der Waals surface area contributed by atoms with Crippen molar-refractivity contribution < 1.29 is 48.0 Å². The Morgan fingerprint density at radius 3 is 2.56 bits per heavy atom. The van der Waals surface area contributed by atoms with Crippen LogP contribution in [0.2, 0.25) is 0 Å². The number of nitrogens with one attached hydrogen (secondary N) is 1. The van der Waals surface area contributed by atoms with Crippen LogP contribution in [0, 0.1) is 22.7 Å². The molecule has 0 bridgehead atoms. The van der Waals surface area contributed by atoms with E-state index in [0.717, 1.165) is 29.1 Å². The number of rotatable bonds is 17. The van der Waals surface area contributed by atoms with Crippen molar-refractivity contribution in [3.05, 3.63) is 77.9 Å². The van der Waals surface area contributed by atoms with E-state index >= 15 is 4.39 Å². The monoisotopic (exact) mass is 916 g/mol. The molecule has 0 spiro atoms. The number of fused-ring (bicyclic) bond motifs is 7. The average molecular weight is 917 g/mol. The van der Waals surface area contributed by atoms with Crippen molar-refractivity contribution in [3.63, 3.8) is 0 Å². The Balaban J connectivity index is 0.868. The van der Waals surface area contributed by atoms with Gasteiger partial charge in [-0.15, -0.1) is 11.8 Å². The lowest BCUT2D eigenvalue weighted by Gasteiger charge is -2.62. The molecule has 8 rings (SSSR count). The highest BCUT2D eigenvalue weighted by Gasteiger charge is 2.79. The molecule has 14 heteroatoms. The smallest absolute Gasteiger partial charge is 0.242 e. The van der Waals surface area contributed by atoms with Crippen LogP contribution in [0.5, 0.6) is 0 Å². The molecule has 0 aromatic heterocycles. The van der Waals surface area contributed by atoms with Crippen molar-refractivity contribution in [1.82, 2.24) is 4.90 Å². The molecule has 5 fully saturated rings. The minimum atomic E-state index is -2.08. The lowest BCUT2D eigenvalue weighted by Crippen LogP contribution is -2.69. The summed E-state index contributed by atoms with van der Waals surface area (Å²) in [4.78, 5) is 67.9. The number of ether oxygens (including phenoxy) is 2. The minimum Gasteiger partial charge on any atom is -0.390 e. The molecule has 3 saturated carbocycles. The van der Waals surface area contributed by atoms with E-state index in [4.69, 9.17) is 9.47 Å². The Bertz CT molecular complexity index is 2240. The zero-order chi connectivity index (χ0) is 45.6. The summed E-state index contributed by atoms with van der Waals surface area (Å²) in [6.07, 6.45) is 8.21. The summed E-state index contributed by atoms with van der Waals surface area (Å²) in [5, 5.41) is 25.3. The third kappa shape index (κ3) is 8.16. The highest BCUT2D eigenvalue weighted by molar-refractivity contribution is 8.01. The largest absolute Gasteiger partial charge is 0.390 e. The number of likely N-dealkylation sites (tertiary alicyclic amines) is 1. The fraction of sp³-hybridized carbons (Fsp3) is 0.580. The van der Waals surface area contributed by atoms with Crippen molar-refractivity contribution in [3.8, 4) is 0 Å². The molecule has 3 amide bonds. The number of thioether (sulfide) groups is 1. The van der Waals surface area contributed by atoms with Gasteiger partial charge in [-0.2, -0.15) is 0 Å². The van der Waals surface area contributed by atoms with Crippen LogP contribution in [-0.4, -0.2) is 91.5 Å². The number of carbonyl (C=O) groups excluding carboxylic acids is 5. The Kier molecular flexibility index (Phi) is 13.6. The Morgan fingerprint density at radius 1 is 1.03 bits per heavy atom. The number of unbranched alkanes of at least 4 members (excludes halogenated alkanes) is 3. The van der Waals surface area contributed by atoms with Crippen molar-refractivity contribution in [1.29, 1.82) is 0 Å². The lowest BCUT2D eigenvalue weighted by atomic mass is 9.44. The van der Waals surface area contributed by atoms with Gasteiger partial charge in [0.15, 0.2) is 29.1 Å². The lowest BCUT2D eigenvalue weighted by molar-refractivity contribution is -0.231. The van der Waals surface area contributed by atoms with Crippen LogP contribution < -0.4 is 5.32 Å². The molecule has 3 N–H and O–H groups in total. The summed E-state index contributed by atoms with van der Waals surface area (Å²) >= 11 is 3.09. The molecule has 2 heterocycles. The van der Waals surface area contributed by atoms with Gasteiger partial charge in [0.1, 0.15) is 6.61 Å². The first-order valence-corrected chi connectivity index (χ1v) is 24.8. The van der Waals surface area contributed by atoms with Gasteiger partial charge in [0.2, 0.25) is 17.7 Å². The first-order chi connectivity index (χ1) is 30.6. The van der Waals surface area contributed by atoms with Crippen LogP contribution in [-0.2, 0) is 33.4 Å². The molecule has 344 valence electrons. The van der Waals surface area contributed by atoms with Crippen molar-refractivity contribution in [2.75, 3.05) is 18.5 Å².